The second-order valence-electron chi connectivity index (χ2n) is 4.82. The average molecular weight is 279 g/mol. The lowest BCUT2D eigenvalue weighted by Gasteiger charge is -2.06. The van der Waals surface area contributed by atoms with Gasteiger partial charge in [-0.2, -0.15) is 0 Å². The lowest BCUT2D eigenvalue weighted by molar-refractivity contribution is 1.16. The molecule has 2 heteroatoms. The summed E-state index contributed by atoms with van der Waals surface area (Å²) in [5, 5.41) is 1.82. The van der Waals surface area contributed by atoms with Gasteiger partial charge in [0, 0.05) is 5.39 Å². The van der Waals surface area contributed by atoms with Crippen LogP contribution in [0.2, 0.25) is 0 Å². The number of rotatable bonds is 2. The van der Waals surface area contributed by atoms with Crippen LogP contribution in [0.1, 0.15) is 32.0 Å². The van der Waals surface area contributed by atoms with Crippen molar-refractivity contribution >= 4 is 16.3 Å². The number of hydrogen-bond acceptors (Lipinski definition) is 1. The predicted molar refractivity (Wildman–Crippen MR) is 91.6 cm³/mol. The molecular formula is C19H21NO. The van der Waals surface area contributed by atoms with E-state index in [9.17, 15) is 4.79 Å². The Morgan fingerprint density at radius 3 is 2.52 bits per heavy atom. The molecule has 21 heavy (non-hydrogen) atoms. The Morgan fingerprint density at radius 1 is 1.19 bits per heavy atom. The predicted octanol–water partition coefficient (Wildman–Crippen LogP) is 4.63. The number of fused-ring (bicyclic) bond motifs is 3. The fourth-order valence-corrected chi connectivity index (χ4v) is 2.71. The van der Waals surface area contributed by atoms with Gasteiger partial charge in [-0.25, -0.2) is 0 Å². The van der Waals surface area contributed by atoms with Crippen LogP contribution in [0.25, 0.3) is 16.3 Å². The van der Waals surface area contributed by atoms with Gasteiger partial charge in [0.15, 0.2) is 0 Å². The van der Waals surface area contributed by atoms with Crippen LogP contribution >= 0.6 is 0 Å². The fraction of sp³-hybridized carbons (Fsp3) is 0.211. The Kier molecular flexibility index (Phi) is 4.59. The minimum Gasteiger partial charge on any atom is -0.321 e. The Labute approximate surface area is 125 Å². The molecule has 2 aromatic rings. The van der Waals surface area contributed by atoms with Crippen LogP contribution in [0.4, 0.5) is 0 Å². The maximum Gasteiger partial charge on any atom is 0.256 e. The molecular weight excluding hydrogens is 258 g/mol. The normalized spacial score (nSPS) is 13.3. The van der Waals surface area contributed by atoms with Crippen LogP contribution in [0.3, 0.4) is 0 Å². The molecule has 0 saturated heterocycles. The van der Waals surface area contributed by atoms with Crippen molar-refractivity contribution < 1.29 is 0 Å². The van der Waals surface area contributed by atoms with Crippen LogP contribution in [0.15, 0.2) is 59.4 Å². The van der Waals surface area contributed by atoms with Crippen LogP contribution in [-0.4, -0.2) is 4.98 Å². The summed E-state index contributed by atoms with van der Waals surface area (Å²) in [5.41, 5.74) is 4.54. The van der Waals surface area contributed by atoms with Crippen molar-refractivity contribution in [2.24, 2.45) is 0 Å². The standard InChI is InChI=1S/C17H15NO.C2H6/c1-3-4-7-12-11(2)10-15-13-8-5-6-9-14(13)17(19)18-16(12)15;1-2/h3-9H,1,10H2,2H3,(H,18,19);1-2H3/b7-4-;. The zero-order valence-corrected chi connectivity index (χ0v) is 12.9. The number of nitrogens with one attached hydrogen (secondary N) is 1. The molecule has 1 aliphatic rings. The Morgan fingerprint density at radius 2 is 1.86 bits per heavy atom. The van der Waals surface area contributed by atoms with Gasteiger partial charge in [0.2, 0.25) is 0 Å². The van der Waals surface area contributed by atoms with Gasteiger partial charge in [-0.3, -0.25) is 4.79 Å². The first kappa shape index (κ1) is 15.0. The first-order valence-electron chi connectivity index (χ1n) is 7.35. The maximum atomic E-state index is 12.1. The molecule has 0 fully saturated rings. The number of pyridine rings is 1. The molecule has 0 radical (unpaired) electrons. The van der Waals surface area contributed by atoms with E-state index in [4.69, 9.17) is 0 Å². The van der Waals surface area contributed by atoms with E-state index < -0.39 is 0 Å². The van der Waals surface area contributed by atoms with Crippen LogP contribution < -0.4 is 5.56 Å². The van der Waals surface area contributed by atoms with Crippen molar-refractivity contribution in [3.8, 4) is 0 Å². The zero-order chi connectivity index (χ0) is 15.4. The minimum atomic E-state index is -0.0199. The lowest BCUT2D eigenvalue weighted by atomic mass is 10.0. The van der Waals surface area contributed by atoms with E-state index >= 15 is 0 Å². The Hall–Kier alpha value is -2.35. The number of allylic oxidation sites excluding steroid dienone is 5. The van der Waals surface area contributed by atoms with Crippen molar-refractivity contribution in [1.82, 2.24) is 4.98 Å². The molecule has 0 amide bonds. The van der Waals surface area contributed by atoms with Crippen LogP contribution in [0.5, 0.6) is 0 Å². The van der Waals surface area contributed by atoms with Crippen molar-refractivity contribution in [2.75, 3.05) is 0 Å². The monoisotopic (exact) mass is 279 g/mol. The number of hydrogen-bond donors (Lipinski definition) is 1. The number of benzene rings is 1. The second kappa shape index (κ2) is 6.40. The molecule has 1 aromatic heterocycles. The van der Waals surface area contributed by atoms with Gasteiger partial charge in [-0.05, 0) is 35.9 Å². The minimum absolute atomic E-state index is 0.0199. The number of H-pyrrole nitrogens is 1. The van der Waals surface area contributed by atoms with Crippen molar-refractivity contribution in [3.63, 3.8) is 0 Å². The molecule has 1 heterocycles. The first-order valence-corrected chi connectivity index (χ1v) is 7.35. The molecule has 2 nitrogen and oxygen atoms in total. The van der Waals surface area contributed by atoms with Gasteiger partial charge in [0.25, 0.3) is 5.56 Å². The van der Waals surface area contributed by atoms with E-state index in [-0.39, 0.29) is 5.56 Å². The highest BCUT2D eigenvalue weighted by Gasteiger charge is 2.21. The summed E-state index contributed by atoms with van der Waals surface area (Å²) in [4.78, 5) is 15.2. The number of aromatic amines is 1. The van der Waals surface area contributed by atoms with Crippen molar-refractivity contribution in [2.45, 2.75) is 27.2 Å². The van der Waals surface area contributed by atoms with Gasteiger partial charge in [-0.1, -0.05) is 62.4 Å². The quantitative estimate of drug-likeness (QED) is 0.799. The summed E-state index contributed by atoms with van der Waals surface area (Å²) in [5.74, 6) is 0. The lowest BCUT2D eigenvalue weighted by Crippen LogP contribution is -2.10. The highest BCUT2D eigenvalue weighted by molar-refractivity contribution is 5.93. The summed E-state index contributed by atoms with van der Waals surface area (Å²) in [6.07, 6.45) is 6.56. The molecule has 3 rings (SSSR count). The van der Waals surface area contributed by atoms with E-state index in [0.717, 1.165) is 28.5 Å². The van der Waals surface area contributed by atoms with Crippen LogP contribution in [-0.2, 0) is 6.42 Å². The van der Waals surface area contributed by atoms with Gasteiger partial charge >= 0.3 is 0 Å². The molecule has 1 aliphatic carbocycles. The third kappa shape index (κ3) is 2.62. The van der Waals surface area contributed by atoms with Gasteiger partial charge in [-0.15, -0.1) is 0 Å². The van der Waals surface area contributed by atoms with Gasteiger partial charge in [0.05, 0.1) is 5.69 Å². The fourth-order valence-electron chi connectivity index (χ4n) is 2.71. The third-order valence-corrected chi connectivity index (χ3v) is 3.61. The first-order chi connectivity index (χ1) is 10.2. The Balaban J connectivity index is 0.000000774. The van der Waals surface area contributed by atoms with E-state index in [1.165, 1.54) is 11.1 Å². The molecule has 0 atom stereocenters. The topological polar surface area (TPSA) is 32.9 Å². The number of aromatic nitrogens is 1. The molecule has 0 saturated carbocycles. The summed E-state index contributed by atoms with van der Waals surface area (Å²) in [6.45, 7) is 9.80. The highest BCUT2D eigenvalue weighted by Crippen LogP contribution is 2.35. The van der Waals surface area contributed by atoms with Crippen molar-refractivity contribution in [3.05, 3.63) is 76.3 Å². The molecule has 0 aliphatic heterocycles. The van der Waals surface area contributed by atoms with E-state index in [2.05, 4.69) is 18.5 Å². The molecule has 1 N–H and O–H groups in total. The van der Waals surface area contributed by atoms with Crippen LogP contribution in [0, 0.1) is 0 Å². The van der Waals surface area contributed by atoms with Gasteiger partial charge in [0.1, 0.15) is 0 Å². The largest absolute Gasteiger partial charge is 0.321 e. The molecule has 1 aromatic carbocycles. The van der Waals surface area contributed by atoms with E-state index in [1.807, 2.05) is 50.3 Å². The summed E-state index contributed by atoms with van der Waals surface area (Å²) in [6, 6.07) is 7.78. The summed E-state index contributed by atoms with van der Waals surface area (Å²) < 4.78 is 0. The SMILES string of the molecule is C=C/C=C\C1=C(C)Cc2c1[nH]c(=O)c1ccccc21.CC. The summed E-state index contributed by atoms with van der Waals surface area (Å²) >= 11 is 0. The molecule has 0 bridgehead atoms. The summed E-state index contributed by atoms with van der Waals surface area (Å²) in [7, 11) is 0. The second-order valence-corrected chi connectivity index (χ2v) is 4.82. The molecule has 0 spiro atoms. The smallest absolute Gasteiger partial charge is 0.256 e. The highest BCUT2D eigenvalue weighted by atomic mass is 16.1. The zero-order valence-electron chi connectivity index (χ0n) is 12.9. The maximum absolute atomic E-state index is 12.1. The van der Waals surface area contributed by atoms with Gasteiger partial charge < -0.3 is 4.98 Å². The Bertz CT molecular complexity index is 791. The third-order valence-electron chi connectivity index (χ3n) is 3.61. The molecule has 108 valence electrons. The average Bonchev–Trinajstić information content (AvgIpc) is 2.83. The van der Waals surface area contributed by atoms with E-state index in [1.54, 1.807) is 6.08 Å². The van der Waals surface area contributed by atoms with E-state index in [0.29, 0.717) is 0 Å². The molecule has 0 unspecified atom stereocenters. The van der Waals surface area contributed by atoms with Crippen molar-refractivity contribution in [1.29, 1.82) is 0 Å².